The monoisotopic (exact) mass is 461 g/mol. The number of hydrogen-bond acceptors (Lipinski definition) is 5. The van der Waals surface area contributed by atoms with Crippen LogP contribution in [0.15, 0.2) is 48.7 Å². The average Bonchev–Trinajstić information content (AvgIpc) is 3.45. The van der Waals surface area contributed by atoms with Gasteiger partial charge in [-0.3, -0.25) is 30.0 Å². The number of anilines is 1. The molecule has 174 valence electrons. The van der Waals surface area contributed by atoms with E-state index < -0.39 is 11.0 Å². The number of para-hydroxylation sites is 2. The Labute approximate surface area is 195 Å². The maximum atomic E-state index is 12.9. The quantitative estimate of drug-likeness (QED) is 0.312. The van der Waals surface area contributed by atoms with E-state index in [0.29, 0.717) is 19.4 Å². The SMILES string of the molecule is [C-]#[N+][C@@H]1CCCN1C(=O)[C@@H](C)Cc1c[nH]c2ccc(OC(=O)Nc3ccccc3[N+](=O)[O-])cc12. The van der Waals surface area contributed by atoms with E-state index in [2.05, 4.69) is 15.1 Å². The topological polar surface area (TPSA) is 122 Å². The van der Waals surface area contributed by atoms with Gasteiger partial charge >= 0.3 is 12.3 Å². The van der Waals surface area contributed by atoms with Gasteiger partial charge in [-0.15, -0.1) is 0 Å². The second kappa shape index (κ2) is 9.62. The van der Waals surface area contributed by atoms with Crippen molar-refractivity contribution >= 4 is 34.3 Å². The second-order valence-corrected chi connectivity index (χ2v) is 8.20. The number of amides is 2. The fourth-order valence-corrected chi connectivity index (χ4v) is 4.21. The molecule has 1 aliphatic rings. The Morgan fingerprint density at radius 3 is 2.91 bits per heavy atom. The summed E-state index contributed by atoms with van der Waals surface area (Å²) in [7, 11) is 0. The summed E-state index contributed by atoms with van der Waals surface area (Å²) in [4.78, 5) is 44.2. The molecular formula is C24H23N5O5. The number of benzene rings is 2. The van der Waals surface area contributed by atoms with E-state index in [1.807, 2.05) is 13.1 Å². The van der Waals surface area contributed by atoms with Gasteiger partial charge in [0.15, 0.2) is 0 Å². The number of aromatic nitrogens is 1. The fourth-order valence-electron chi connectivity index (χ4n) is 4.21. The van der Waals surface area contributed by atoms with Gasteiger partial charge in [0.25, 0.3) is 5.69 Å². The molecule has 3 aromatic rings. The lowest BCUT2D eigenvalue weighted by Gasteiger charge is -2.20. The summed E-state index contributed by atoms with van der Waals surface area (Å²) < 4.78 is 5.35. The van der Waals surface area contributed by atoms with Crippen molar-refractivity contribution in [2.24, 2.45) is 5.92 Å². The molecule has 2 atom stereocenters. The van der Waals surface area contributed by atoms with Gasteiger partial charge in [-0.05, 0) is 42.7 Å². The molecule has 0 bridgehead atoms. The number of nitrogens with one attached hydrogen (secondary N) is 2. The summed E-state index contributed by atoms with van der Waals surface area (Å²) in [6.45, 7) is 9.75. The van der Waals surface area contributed by atoms with Crippen LogP contribution >= 0.6 is 0 Å². The van der Waals surface area contributed by atoms with E-state index in [1.54, 1.807) is 29.2 Å². The van der Waals surface area contributed by atoms with Crippen LogP contribution in [0.1, 0.15) is 25.3 Å². The van der Waals surface area contributed by atoms with Gasteiger partial charge in [0.2, 0.25) is 5.91 Å². The lowest BCUT2D eigenvalue weighted by Crippen LogP contribution is -2.38. The normalized spacial score (nSPS) is 16.1. The van der Waals surface area contributed by atoms with Gasteiger partial charge < -0.3 is 9.72 Å². The predicted octanol–water partition coefficient (Wildman–Crippen LogP) is 4.73. The molecule has 4 rings (SSSR count). The molecule has 2 aromatic carbocycles. The summed E-state index contributed by atoms with van der Waals surface area (Å²) in [6.07, 6.45) is 2.61. The first-order valence-corrected chi connectivity index (χ1v) is 10.9. The minimum atomic E-state index is -0.853. The standard InChI is InChI=1S/C24H23N5O5/c1-15(23(30)28-11-5-8-22(28)25-2)12-16-14-26-19-10-9-17(13-18(16)19)34-24(31)27-20-6-3-4-7-21(20)29(32)33/h3-4,6-7,9-10,13-15,22,26H,5,8,11-12H2,1H3,(H,27,31)/t15-,22-/m0/s1. The van der Waals surface area contributed by atoms with Crippen LogP contribution in [0.5, 0.6) is 5.75 Å². The lowest BCUT2D eigenvalue weighted by atomic mass is 9.99. The number of carbonyl (C=O) groups is 2. The third-order valence-corrected chi connectivity index (χ3v) is 5.89. The van der Waals surface area contributed by atoms with Crippen LogP contribution in [-0.4, -0.2) is 39.5 Å². The number of nitrogens with zero attached hydrogens (tertiary/aromatic N) is 3. The molecule has 2 N–H and O–H groups in total. The van der Waals surface area contributed by atoms with Crippen molar-refractivity contribution in [2.45, 2.75) is 32.4 Å². The van der Waals surface area contributed by atoms with Crippen LogP contribution in [0.4, 0.5) is 16.2 Å². The number of aromatic amines is 1. The molecule has 10 nitrogen and oxygen atoms in total. The van der Waals surface area contributed by atoms with Gasteiger partial charge in [-0.2, -0.15) is 0 Å². The first kappa shape index (κ1) is 22.8. The summed E-state index contributed by atoms with van der Waals surface area (Å²) in [5.74, 6) is -0.0898. The van der Waals surface area contributed by atoms with Crippen LogP contribution in [0.3, 0.4) is 0 Å². The minimum absolute atomic E-state index is 0.0351. The van der Waals surface area contributed by atoms with Crippen LogP contribution < -0.4 is 10.1 Å². The maximum absolute atomic E-state index is 12.9. The summed E-state index contributed by atoms with van der Waals surface area (Å²) in [5.41, 5.74) is 1.51. The molecule has 0 saturated carbocycles. The third-order valence-electron chi connectivity index (χ3n) is 5.89. The number of fused-ring (bicyclic) bond motifs is 1. The number of rotatable bonds is 6. The third kappa shape index (κ3) is 4.68. The molecule has 10 heteroatoms. The highest BCUT2D eigenvalue weighted by molar-refractivity contribution is 5.91. The van der Waals surface area contributed by atoms with Crippen LogP contribution in [-0.2, 0) is 11.2 Å². The Kier molecular flexibility index (Phi) is 6.45. The zero-order valence-electron chi connectivity index (χ0n) is 18.5. The van der Waals surface area contributed by atoms with Crippen LogP contribution in [0, 0.1) is 22.6 Å². The van der Waals surface area contributed by atoms with Gasteiger partial charge in [0.05, 0.1) is 4.92 Å². The largest absolute Gasteiger partial charge is 0.417 e. The highest BCUT2D eigenvalue weighted by Crippen LogP contribution is 2.28. The van der Waals surface area contributed by atoms with Gasteiger partial charge in [-0.25, -0.2) is 11.4 Å². The molecule has 1 aliphatic heterocycles. The molecular weight excluding hydrogens is 438 g/mol. The zero-order valence-corrected chi connectivity index (χ0v) is 18.5. The molecule has 0 aliphatic carbocycles. The molecule has 2 amide bonds. The van der Waals surface area contributed by atoms with Crippen molar-refractivity contribution in [1.29, 1.82) is 0 Å². The number of likely N-dealkylation sites (tertiary alicyclic amines) is 1. The highest BCUT2D eigenvalue weighted by Gasteiger charge is 2.35. The number of H-pyrrole nitrogens is 1. The Morgan fingerprint density at radius 2 is 2.15 bits per heavy atom. The maximum Gasteiger partial charge on any atom is 0.417 e. The Hall–Kier alpha value is -4.39. The first-order chi connectivity index (χ1) is 16.4. The Bertz CT molecular complexity index is 1290. The lowest BCUT2D eigenvalue weighted by molar-refractivity contribution is -0.383. The highest BCUT2D eigenvalue weighted by atomic mass is 16.6. The van der Waals surface area contributed by atoms with Gasteiger partial charge in [-0.1, -0.05) is 19.1 Å². The van der Waals surface area contributed by atoms with Crippen molar-refractivity contribution in [1.82, 2.24) is 9.88 Å². The number of carbonyl (C=O) groups excluding carboxylic acids is 2. The Morgan fingerprint density at radius 1 is 1.35 bits per heavy atom. The van der Waals surface area contributed by atoms with Crippen molar-refractivity contribution < 1.29 is 19.2 Å². The summed E-state index contributed by atoms with van der Waals surface area (Å²) in [5, 5.41) is 14.3. The second-order valence-electron chi connectivity index (χ2n) is 8.20. The van der Waals surface area contributed by atoms with Gasteiger partial charge in [0.1, 0.15) is 11.4 Å². The van der Waals surface area contributed by atoms with Gasteiger partial charge in [0, 0.05) is 42.0 Å². The molecule has 2 heterocycles. The number of hydrogen-bond donors (Lipinski definition) is 2. The Balaban J connectivity index is 1.47. The molecule has 0 unspecified atom stereocenters. The van der Waals surface area contributed by atoms with E-state index in [-0.39, 0.29) is 35.1 Å². The molecule has 1 fully saturated rings. The summed E-state index contributed by atoms with van der Waals surface area (Å²) >= 11 is 0. The van der Waals surface area contributed by atoms with E-state index in [4.69, 9.17) is 11.3 Å². The van der Waals surface area contributed by atoms with E-state index >= 15 is 0 Å². The molecule has 0 spiro atoms. The summed E-state index contributed by atoms with van der Waals surface area (Å²) in [6, 6.07) is 10.9. The van der Waals surface area contributed by atoms with E-state index in [0.717, 1.165) is 22.9 Å². The van der Waals surface area contributed by atoms with Crippen molar-refractivity contribution in [3.63, 3.8) is 0 Å². The molecule has 0 radical (unpaired) electrons. The molecule has 1 saturated heterocycles. The van der Waals surface area contributed by atoms with Crippen molar-refractivity contribution in [3.8, 4) is 5.75 Å². The molecule has 1 aromatic heterocycles. The zero-order chi connectivity index (χ0) is 24.2. The number of nitro groups is 1. The van der Waals surface area contributed by atoms with Crippen molar-refractivity contribution in [3.05, 3.63) is 75.8 Å². The fraction of sp³-hybridized carbons (Fsp3) is 0.292. The number of ether oxygens (including phenoxy) is 1. The van der Waals surface area contributed by atoms with Crippen LogP contribution in [0.25, 0.3) is 15.7 Å². The van der Waals surface area contributed by atoms with Crippen molar-refractivity contribution in [2.75, 3.05) is 11.9 Å². The van der Waals surface area contributed by atoms with Crippen LogP contribution in [0.2, 0.25) is 0 Å². The van der Waals surface area contributed by atoms with E-state index in [9.17, 15) is 19.7 Å². The van der Waals surface area contributed by atoms with E-state index in [1.165, 1.54) is 18.2 Å². The number of nitro benzene ring substituents is 1. The minimum Gasteiger partial charge on any atom is -0.410 e. The average molecular weight is 461 g/mol. The molecule has 34 heavy (non-hydrogen) atoms. The smallest absolute Gasteiger partial charge is 0.410 e. The first-order valence-electron chi connectivity index (χ1n) is 10.9. The predicted molar refractivity (Wildman–Crippen MR) is 125 cm³/mol.